The highest BCUT2D eigenvalue weighted by atomic mass is 19.3. The highest BCUT2D eigenvalue weighted by Gasteiger charge is 2.22. The van der Waals surface area contributed by atoms with Gasteiger partial charge in [0.25, 0.3) is 5.91 Å². The topological polar surface area (TPSA) is 61.9 Å². The van der Waals surface area contributed by atoms with Crippen LogP contribution >= 0.6 is 0 Å². The molecule has 2 aromatic rings. The summed E-state index contributed by atoms with van der Waals surface area (Å²) in [5.74, 6) is -0.608. The van der Waals surface area contributed by atoms with Crippen LogP contribution in [0.5, 0.6) is 5.75 Å². The Labute approximate surface area is 174 Å². The SMILES string of the molecule is Cc1ccccc1CN1CCN(C(=O)CNC(=O)c2ccc(OC(F)F)cc2)CC1. The van der Waals surface area contributed by atoms with Crippen molar-refractivity contribution in [2.24, 2.45) is 0 Å². The standard InChI is InChI=1S/C22H25F2N3O3/c1-16-4-2-3-5-18(16)15-26-10-12-27(13-11-26)20(28)14-25-21(29)17-6-8-19(9-7-17)30-22(23)24/h2-9,22H,10-15H2,1H3,(H,25,29). The van der Waals surface area contributed by atoms with Gasteiger partial charge < -0.3 is 15.0 Å². The molecule has 6 nitrogen and oxygen atoms in total. The molecule has 1 aliphatic heterocycles. The maximum atomic E-state index is 12.4. The predicted octanol–water partition coefficient (Wildman–Crippen LogP) is 2.67. The summed E-state index contributed by atoms with van der Waals surface area (Å²) in [6.07, 6.45) is 0. The van der Waals surface area contributed by atoms with Gasteiger partial charge in [0.05, 0.1) is 6.54 Å². The van der Waals surface area contributed by atoms with Gasteiger partial charge in [-0.15, -0.1) is 0 Å². The molecule has 8 heteroatoms. The maximum Gasteiger partial charge on any atom is 0.387 e. The molecule has 0 bridgehead atoms. The molecule has 0 unspecified atom stereocenters. The van der Waals surface area contributed by atoms with Crippen molar-refractivity contribution in [2.45, 2.75) is 20.1 Å². The minimum atomic E-state index is -2.92. The Morgan fingerprint density at radius 1 is 1.03 bits per heavy atom. The summed E-state index contributed by atoms with van der Waals surface area (Å²) in [4.78, 5) is 28.6. The smallest absolute Gasteiger partial charge is 0.387 e. The molecule has 3 rings (SSSR count). The molecule has 30 heavy (non-hydrogen) atoms. The van der Waals surface area contributed by atoms with Gasteiger partial charge in [-0.25, -0.2) is 0 Å². The molecule has 1 heterocycles. The number of carbonyl (C=O) groups is 2. The van der Waals surface area contributed by atoms with Gasteiger partial charge in [0.1, 0.15) is 5.75 Å². The van der Waals surface area contributed by atoms with E-state index in [1.807, 2.05) is 12.1 Å². The Bertz CT molecular complexity index is 866. The van der Waals surface area contributed by atoms with Crippen LogP contribution in [0.3, 0.4) is 0 Å². The van der Waals surface area contributed by atoms with Gasteiger partial charge in [0.2, 0.25) is 5.91 Å². The molecule has 0 aliphatic carbocycles. The van der Waals surface area contributed by atoms with Crippen LogP contribution in [0.25, 0.3) is 0 Å². The first-order chi connectivity index (χ1) is 14.4. The minimum absolute atomic E-state index is 0.0267. The molecule has 1 aliphatic rings. The van der Waals surface area contributed by atoms with Crippen molar-refractivity contribution < 1.29 is 23.1 Å². The number of carbonyl (C=O) groups excluding carboxylic acids is 2. The van der Waals surface area contributed by atoms with E-state index in [9.17, 15) is 18.4 Å². The zero-order chi connectivity index (χ0) is 21.5. The number of nitrogens with one attached hydrogen (secondary N) is 1. The van der Waals surface area contributed by atoms with Gasteiger partial charge in [-0.3, -0.25) is 14.5 Å². The third-order valence-electron chi connectivity index (χ3n) is 5.12. The zero-order valence-electron chi connectivity index (χ0n) is 16.8. The third kappa shape index (κ3) is 6.00. The van der Waals surface area contributed by atoms with E-state index >= 15 is 0 Å². The molecule has 2 aromatic carbocycles. The molecule has 0 spiro atoms. The Balaban J connectivity index is 1.42. The average Bonchev–Trinajstić information content (AvgIpc) is 2.74. The fourth-order valence-electron chi connectivity index (χ4n) is 3.34. The van der Waals surface area contributed by atoms with Gasteiger partial charge in [0.15, 0.2) is 0 Å². The summed E-state index contributed by atoms with van der Waals surface area (Å²) in [6.45, 7) is 2.71. The number of aryl methyl sites for hydroxylation is 1. The van der Waals surface area contributed by atoms with Gasteiger partial charge in [0, 0.05) is 38.3 Å². The summed E-state index contributed by atoms with van der Waals surface area (Å²) in [5, 5.41) is 2.58. The predicted molar refractivity (Wildman–Crippen MR) is 108 cm³/mol. The molecule has 1 saturated heterocycles. The van der Waals surface area contributed by atoms with Crippen LogP contribution in [-0.4, -0.2) is 60.9 Å². The molecule has 2 amide bonds. The monoisotopic (exact) mass is 417 g/mol. The second-order valence-corrected chi connectivity index (χ2v) is 7.17. The number of alkyl halides is 2. The van der Waals surface area contributed by atoms with Gasteiger partial charge in [-0.1, -0.05) is 24.3 Å². The molecule has 1 N–H and O–H groups in total. The number of hydrogen-bond donors (Lipinski definition) is 1. The minimum Gasteiger partial charge on any atom is -0.435 e. The Morgan fingerprint density at radius 2 is 1.70 bits per heavy atom. The number of ether oxygens (including phenoxy) is 1. The van der Waals surface area contributed by atoms with E-state index in [-0.39, 0.29) is 23.8 Å². The zero-order valence-corrected chi connectivity index (χ0v) is 16.8. The van der Waals surface area contributed by atoms with E-state index in [1.165, 1.54) is 35.4 Å². The van der Waals surface area contributed by atoms with Crippen LogP contribution in [0.1, 0.15) is 21.5 Å². The van der Waals surface area contributed by atoms with Crippen LogP contribution in [0, 0.1) is 6.92 Å². The second-order valence-electron chi connectivity index (χ2n) is 7.17. The lowest BCUT2D eigenvalue weighted by Gasteiger charge is -2.35. The number of piperazine rings is 1. The van der Waals surface area contributed by atoms with Crippen LogP contribution < -0.4 is 10.1 Å². The molecule has 0 aromatic heterocycles. The molecule has 1 fully saturated rings. The van der Waals surface area contributed by atoms with Crippen molar-refractivity contribution in [1.29, 1.82) is 0 Å². The summed E-state index contributed by atoms with van der Waals surface area (Å²) >= 11 is 0. The van der Waals surface area contributed by atoms with Crippen molar-refractivity contribution >= 4 is 11.8 Å². The number of benzene rings is 2. The Kier molecular flexibility index (Phi) is 7.35. The summed E-state index contributed by atoms with van der Waals surface area (Å²) < 4.78 is 28.6. The summed E-state index contributed by atoms with van der Waals surface area (Å²) in [6, 6.07) is 13.6. The van der Waals surface area contributed by atoms with Crippen LogP contribution in [0.4, 0.5) is 8.78 Å². The summed E-state index contributed by atoms with van der Waals surface area (Å²) in [7, 11) is 0. The average molecular weight is 417 g/mol. The third-order valence-corrected chi connectivity index (χ3v) is 5.12. The van der Waals surface area contributed by atoms with Crippen LogP contribution in [0.2, 0.25) is 0 Å². The molecule has 0 radical (unpaired) electrons. The second kappa shape index (κ2) is 10.2. The van der Waals surface area contributed by atoms with Crippen molar-refractivity contribution in [2.75, 3.05) is 32.7 Å². The van der Waals surface area contributed by atoms with Crippen molar-refractivity contribution in [3.8, 4) is 5.75 Å². The highest BCUT2D eigenvalue weighted by Crippen LogP contribution is 2.15. The van der Waals surface area contributed by atoms with E-state index in [0.717, 1.165) is 19.6 Å². The van der Waals surface area contributed by atoms with Crippen molar-refractivity contribution in [3.63, 3.8) is 0 Å². The lowest BCUT2D eigenvalue weighted by Crippen LogP contribution is -2.50. The normalized spacial score (nSPS) is 14.6. The first-order valence-electron chi connectivity index (χ1n) is 9.80. The molecule has 0 saturated carbocycles. The van der Waals surface area contributed by atoms with E-state index in [2.05, 4.69) is 34.0 Å². The number of rotatable bonds is 7. The Hall–Kier alpha value is -3.00. The number of halogens is 2. The van der Waals surface area contributed by atoms with E-state index in [1.54, 1.807) is 4.90 Å². The number of amides is 2. The van der Waals surface area contributed by atoms with Gasteiger partial charge in [-0.2, -0.15) is 8.78 Å². The molecular formula is C22H25F2N3O3. The van der Waals surface area contributed by atoms with Crippen molar-refractivity contribution in [1.82, 2.24) is 15.1 Å². The van der Waals surface area contributed by atoms with Gasteiger partial charge in [-0.05, 0) is 42.3 Å². The fraction of sp³-hybridized carbons (Fsp3) is 0.364. The first-order valence-corrected chi connectivity index (χ1v) is 9.80. The van der Waals surface area contributed by atoms with E-state index < -0.39 is 12.5 Å². The number of nitrogens with zero attached hydrogens (tertiary/aromatic N) is 2. The summed E-state index contributed by atoms with van der Waals surface area (Å²) in [5.41, 5.74) is 2.81. The van der Waals surface area contributed by atoms with Crippen molar-refractivity contribution in [3.05, 3.63) is 65.2 Å². The lowest BCUT2D eigenvalue weighted by atomic mass is 10.1. The molecule has 160 valence electrons. The maximum absolute atomic E-state index is 12.4. The fourth-order valence-corrected chi connectivity index (χ4v) is 3.34. The van der Waals surface area contributed by atoms with Crippen LogP contribution in [-0.2, 0) is 11.3 Å². The quantitative estimate of drug-likeness (QED) is 0.753. The first kappa shape index (κ1) is 21.7. The van der Waals surface area contributed by atoms with E-state index in [0.29, 0.717) is 13.1 Å². The van der Waals surface area contributed by atoms with Gasteiger partial charge >= 0.3 is 6.61 Å². The molecular weight excluding hydrogens is 392 g/mol. The van der Waals surface area contributed by atoms with E-state index in [4.69, 9.17) is 0 Å². The van der Waals surface area contributed by atoms with Crippen LogP contribution in [0.15, 0.2) is 48.5 Å². The number of hydrogen-bond acceptors (Lipinski definition) is 4. The molecule has 0 atom stereocenters. The highest BCUT2D eigenvalue weighted by molar-refractivity contribution is 5.96. The Morgan fingerprint density at radius 3 is 2.33 bits per heavy atom. The largest absolute Gasteiger partial charge is 0.435 e. The lowest BCUT2D eigenvalue weighted by molar-refractivity contribution is -0.131.